The fraction of sp³-hybridized carbons (Fsp3) is 0.333. The average Bonchev–Trinajstić information content (AvgIpc) is 2.34. The minimum absolute atomic E-state index is 0.0188. The Morgan fingerprint density at radius 3 is 2.59 bits per heavy atom. The zero-order chi connectivity index (χ0) is 12.7. The van der Waals surface area contributed by atoms with E-state index in [2.05, 4.69) is 10.6 Å². The molecule has 0 aliphatic carbocycles. The van der Waals surface area contributed by atoms with Crippen LogP contribution in [0.5, 0.6) is 0 Å². The Morgan fingerprint density at radius 2 is 1.94 bits per heavy atom. The standard InChI is InChI=1S/C12H16N2O3/c1-9(16)13-7-12(17)14-6-10-3-2-4-11(5-10)8-15/h2-5,15H,6-8H2,1H3,(H,13,16)(H,14,17). The van der Waals surface area contributed by atoms with Crippen LogP contribution in [0.2, 0.25) is 0 Å². The van der Waals surface area contributed by atoms with E-state index in [1.807, 2.05) is 24.3 Å². The molecule has 1 rings (SSSR count). The third-order valence-electron chi connectivity index (χ3n) is 2.16. The fourth-order valence-corrected chi connectivity index (χ4v) is 1.31. The second-order valence-electron chi connectivity index (χ2n) is 3.66. The molecular weight excluding hydrogens is 220 g/mol. The van der Waals surface area contributed by atoms with Gasteiger partial charge < -0.3 is 15.7 Å². The first kappa shape index (κ1) is 13.2. The SMILES string of the molecule is CC(=O)NCC(=O)NCc1cccc(CO)c1. The summed E-state index contributed by atoms with van der Waals surface area (Å²) in [6, 6.07) is 7.31. The molecule has 1 aromatic rings. The predicted octanol–water partition coefficient (Wildman–Crippen LogP) is -0.0688. The lowest BCUT2D eigenvalue weighted by molar-refractivity contribution is -0.125. The quantitative estimate of drug-likeness (QED) is 0.669. The molecule has 3 N–H and O–H groups in total. The second-order valence-corrected chi connectivity index (χ2v) is 3.66. The van der Waals surface area contributed by atoms with Gasteiger partial charge in [-0.1, -0.05) is 24.3 Å². The van der Waals surface area contributed by atoms with E-state index in [4.69, 9.17) is 5.11 Å². The number of rotatable bonds is 5. The van der Waals surface area contributed by atoms with Gasteiger partial charge in [0, 0.05) is 13.5 Å². The summed E-state index contributed by atoms with van der Waals surface area (Å²) in [5.74, 6) is -0.475. The molecule has 5 nitrogen and oxygen atoms in total. The lowest BCUT2D eigenvalue weighted by atomic mass is 10.1. The molecule has 17 heavy (non-hydrogen) atoms. The molecule has 2 amide bonds. The topological polar surface area (TPSA) is 78.4 Å². The number of carbonyl (C=O) groups excluding carboxylic acids is 2. The number of amides is 2. The zero-order valence-electron chi connectivity index (χ0n) is 9.69. The van der Waals surface area contributed by atoms with E-state index in [1.54, 1.807) is 0 Å². The van der Waals surface area contributed by atoms with Gasteiger partial charge in [0.1, 0.15) is 0 Å². The summed E-state index contributed by atoms with van der Waals surface area (Å²) in [7, 11) is 0. The van der Waals surface area contributed by atoms with Crippen LogP contribution in [0.15, 0.2) is 24.3 Å². The van der Waals surface area contributed by atoms with Crippen LogP contribution in [0.4, 0.5) is 0 Å². The molecule has 0 unspecified atom stereocenters. The van der Waals surface area contributed by atoms with Crippen LogP contribution in [0, 0.1) is 0 Å². The van der Waals surface area contributed by atoms with E-state index in [1.165, 1.54) is 6.92 Å². The minimum atomic E-state index is -0.241. The van der Waals surface area contributed by atoms with Gasteiger partial charge in [-0.25, -0.2) is 0 Å². The first-order chi connectivity index (χ1) is 8.11. The zero-order valence-corrected chi connectivity index (χ0v) is 9.69. The highest BCUT2D eigenvalue weighted by Crippen LogP contribution is 2.04. The van der Waals surface area contributed by atoms with Gasteiger partial charge in [-0.15, -0.1) is 0 Å². The first-order valence-electron chi connectivity index (χ1n) is 5.31. The van der Waals surface area contributed by atoms with Crippen LogP contribution >= 0.6 is 0 Å². The highest BCUT2D eigenvalue weighted by molar-refractivity contribution is 5.83. The molecule has 0 spiro atoms. The van der Waals surface area contributed by atoms with Gasteiger partial charge in [-0.3, -0.25) is 9.59 Å². The van der Waals surface area contributed by atoms with Gasteiger partial charge >= 0.3 is 0 Å². The van der Waals surface area contributed by atoms with E-state index in [-0.39, 0.29) is 25.0 Å². The summed E-state index contributed by atoms with van der Waals surface area (Å²) < 4.78 is 0. The number of aliphatic hydroxyl groups is 1. The van der Waals surface area contributed by atoms with Crippen molar-refractivity contribution in [2.24, 2.45) is 0 Å². The van der Waals surface area contributed by atoms with Crippen molar-refractivity contribution in [2.75, 3.05) is 6.54 Å². The molecule has 0 bridgehead atoms. The van der Waals surface area contributed by atoms with Gasteiger partial charge in [0.2, 0.25) is 11.8 Å². The Hall–Kier alpha value is -1.88. The van der Waals surface area contributed by atoms with Crippen LogP contribution in [-0.4, -0.2) is 23.5 Å². The van der Waals surface area contributed by atoms with Gasteiger partial charge in [0.25, 0.3) is 0 Å². The Morgan fingerprint density at radius 1 is 1.24 bits per heavy atom. The molecular formula is C12H16N2O3. The Kier molecular flexibility index (Phi) is 5.16. The molecule has 0 saturated heterocycles. The predicted molar refractivity (Wildman–Crippen MR) is 62.9 cm³/mol. The molecule has 0 aliphatic heterocycles. The van der Waals surface area contributed by atoms with E-state index in [9.17, 15) is 9.59 Å². The molecule has 0 radical (unpaired) electrons. The third-order valence-corrected chi connectivity index (χ3v) is 2.16. The van der Waals surface area contributed by atoms with E-state index >= 15 is 0 Å². The summed E-state index contributed by atoms with van der Waals surface area (Å²) in [6.07, 6.45) is 0. The lowest BCUT2D eigenvalue weighted by Gasteiger charge is -2.06. The number of nitrogens with one attached hydrogen (secondary N) is 2. The molecule has 5 heteroatoms. The third kappa shape index (κ3) is 5.12. The van der Waals surface area contributed by atoms with Crippen molar-refractivity contribution in [2.45, 2.75) is 20.1 Å². The first-order valence-corrected chi connectivity index (χ1v) is 5.31. The molecule has 0 saturated carbocycles. The summed E-state index contributed by atoms with van der Waals surface area (Å²) in [4.78, 5) is 21.9. The maximum Gasteiger partial charge on any atom is 0.239 e. The van der Waals surface area contributed by atoms with Gasteiger partial charge in [-0.05, 0) is 11.1 Å². The van der Waals surface area contributed by atoms with Crippen molar-refractivity contribution in [3.63, 3.8) is 0 Å². The van der Waals surface area contributed by atoms with Crippen LogP contribution in [0.3, 0.4) is 0 Å². The van der Waals surface area contributed by atoms with E-state index in [0.717, 1.165) is 11.1 Å². The number of benzene rings is 1. The van der Waals surface area contributed by atoms with Gasteiger partial charge in [0.05, 0.1) is 13.2 Å². The maximum absolute atomic E-state index is 11.3. The number of hydrogen-bond donors (Lipinski definition) is 3. The van der Waals surface area contributed by atoms with Crippen LogP contribution in [0.25, 0.3) is 0 Å². The van der Waals surface area contributed by atoms with Crippen molar-refractivity contribution in [1.82, 2.24) is 10.6 Å². The average molecular weight is 236 g/mol. The van der Waals surface area contributed by atoms with Gasteiger partial charge in [0.15, 0.2) is 0 Å². The molecule has 0 fully saturated rings. The highest BCUT2D eigenvalue weighted by Gasteiger charge is 2.02. The van der Waals surface area contributed by atoms with Crippen molar-refractivity contribution in [1.29, 1.82) is 0 Å². The smallest absolute Gasteiger partial charge is 0.239 e. The molecule has 1 aromatic carbocycles. The van der Waals surface area contributed by atoms with Crippen molar-refractivity contribution < 1.29 is 14.7 Å². The number of hydrogen-bond acceptors (Lipinski definition) is 3. The highest BCUT2D eigenvalue weighted by atomic mass is 16.3. The summed E-state index contributed by atoms with van der Waals surface area (Å²) in [6.45, 7) is 1.70. The normalized spacial score (nSPS) is 9.76. The van der Waals surface area contributed by atoms with Crippen LogP contribution < -0.4 is 10.6 Å². The fourth-order valence-electron chi connectivity index (χ4n) is 1.31. The molecule has 0 aliphatic rings. The minimum Gasteiger partial charge on any atom is -0.392 e. The van der Waals surface area contributed by atoms with Crippen LogP contribution in [-0.2, 0) is 22.7 Å². The number of carbonyl (C=O) groups is 2. The number of aliphatic hydroxyl groups excluding tert-OH is 1. The van der Waals surface area contributed by atoms with Crippen molar-refractivity contribution >= 4 is 11.8 Å². The van der Waals surface area contributed by atoms with E-state index in [0.29, 0.717) is 6.54 Å². The maximum atomic E-state index is 11.3. The van der Waals surface area contributed by atoms with Crippen LogP contribution in [0.1, 0.15) is 18.1 Å². The summed E-state index contributed by atoms with van der Waals surface area (Å²) in [5, 5.41) is 14.0. The molecule has 0 aromatic heterocycles. The monoisotopic (exact) mass is 236 g/mol. The molecule has 92 valence electrons. The lowest BCUT2D eigenvalue weighted by Crippen LogP contribution is -2.35. The van der Waals surface area contributed by atoms with Crippen molar-refractivity contribution in [3.05, 3.63) is 35.4 Å². The Labute approximate surface area is 99.8 Å². The molecule has 0 atom stereocenters. The second kappa shape index (κ2) is 6.65. The summed E-state index contributed by atoms with van der Waals surface area (Å²) in [5.41, 5.74) is 1.71. The Bertz CT molecular complexity index is 404. The summed E-state index contributed by atoms with van der Waals surface area (Å²) >= 11 is 0. The largest absolute Gasteiger partial charge is 0.392 e. The molecule has 0 heterocycles. The van der Waals surface area contributed by atoms with E-state index < -0.39 is 0 Å². The van der Waals surface area contributed by atoms with Gasteiger partial charge in [-0.2, -0.15) is 0 Å². The Balaban J connectivity index is 2.39. The van der Waals surface area contributed by atoms with Crippen molar-refractivity contribution in [3.8, 4) is 0 Å².